The van der Waals surface area contributed by atoms with Crippen molar-refractivity contribution >= 4 is 43.9 Å². The van der Waals surface area contributed by atoms with Gasteiger partial charge in [-0.1, -0.05) is 22.0 Å². The molecule has 1 heterocycles. The van der Waals surface area contributed by atoms with E-state index in [0.29, 0.717) is 18.2 Å². The molecule has 0 atom stereocenters. The summed E-state index contributed by atoms with van der Waals surface area (Å²) in [5.41, 5.74) is 0.927. The molecule has 100 valence electrons. The van der Waals surface area contributed by atoms with E-state index in [-0.39, 0.29) is 17.4 Å². The molecule has 1 aliphatic rings. The molecule has 0 spiro atoms. The first-order chi connectivity index (χ1) is 8.99. The third kappa shape index (κ3) is 4.40. The number of benzene rings is 1. The second kappa shape index (κ2) is 7.36. The normalized spacial score (nSPS) is 13.9. The number of alkyl halides is 1. The van der Waals surface area contributed by atoms with Crippen molar-refractivity contribution in [1.82, 2.24) is 3.93 Å². The van der Waals surface area contributed by atoms with Crippen molar-refractivity contribution in [2.45, 2.75) is 18.2 Å². The number of carbonyl (C=O) groups is 2. The van der Waals surface area contributed by atoms with E-state index in [2.05, 4.69) is 32.1 Å². The van der Waals surface area contributed by atoms with Gasteiger partial charge < -0.3 is 0 Å². The van der Waals surface area contributed by atoms with Crippen LogP contribution >= 0.6 is 32.1 Å². The van der Waals surface area contributed by atoms with Crippen molar-refractivity contribution in [3.05, 3.63) is 35.1 Å². The van der Waals surface area contributed by atoms with E-state index in [1.54, 1.807) is 12.1 Å². The second-order valence-corrected chi connectivity index (χ2v) is 4.90. The Balaban J connectivity index is 0.000000200. The predicted octanol–water partition coefficient (Wildman–Crippen LogP) is 3.04. The number of amides is 2. The highest BCUT2D eigenvalue weighted by Gasteiger charge is 2.26. The number of carbonyl (C=O) groups excluding carboxylic acids is 2. The van der Waals surface area contributed by atoms with Crippen LogP contribution in [0.5, 0.6) is 0 Å². The molecule has 2 amide bonds. The van der Waals surface area contributed by atoms with Crippen molar-refractivity contribution in [1.29, 1.82) is 5.26 Å². The summed E-state index contributed by atoms with van der Waals surface area (Å²) in [6.45, 7) is 0. The first-order valence-corrected chi connectivity index (χ1v) is 7.08. The van der Waals surface area contributed by atoms with Gasteiger partial charge in [0.15, 0.2) is 0 Å². The number of nitrogens with zero attached hydrogens (tertiary/aromatic N) is 2. The van der Waals surface area contributed by atoms with Crippen molar-refractivity contribution in [2.75, 3.05) is 0 Å². The van der Waals surface area contributed by atoms with E-state index in [0.717, 1.165) is 9.49 Å². The zero-order chi connectivity index (χ0) is 14.4. The summed E-state index contributed by atoms with van der Waals surface area (Å²) in [7, 11) is 0. The largest absolute Gasteiger partial charge is 0.274 e. The number of hydrogen-bond acceptors (Lipinski definition) is 3. The third-order valence-corrected chi connectivity index (χ3v) is 3.74. The van der Waals surface area contributed by atoms with Crippen molar-refractivity contribution in [2.24, 2.45) is 0 Å². The molecule has 1 aromatic rings. The SMILES string of the molecule is N#Cc1ccc(CBr)cc1F.O=C1CCC(=O)N1Br. The number of halogens is 3. The lowest BCUT2D eigenvalue weighted by atomic mass is 10.1. The fourth-order valence-corrected chi connectivity index (χ4v) is 1.99. The lowest BCUT2D eigenvalue weighted by molar-refractivity contribution is -0.131. The summed E-state index contributed by atoms with van der Waals surface area (Å²) in [6.07, 6.45) is 0.703. The van der Waals surface area contributed by atoms with Crippen LogP contribution in [0.15, 0.2) is 18.2 Å². The molecule has 1 aromatic carbocycles. The zero-order valence-electron chi connectivity index (χ0n) is 9.70. The highest BCUT2D eigenvalue weighted by molar-refractivity contribution is 9.08. The van der Waals surface area contributed by atoms with E-state index >= 15 is 0 Å². The highest BCUT2D eigenvalue weighted by Crippen LogP contribution is 2.14. The molecule has 1 aliphatic heterocycles. The smallest absolute Gasteiger partial charge is 0.239 e. The van der Waals surface area contributed by atoms with Crippen molar-refractivity contribution < 1.29 is 14.0 Å². The Labute approximate surface area is 126 Å². The topological polar surface area (TPSA) is 61.2 Å². The van der Waals surface area contributed by atoms with Gasteiger partial charge in [0.25, 0.3) is 0 Å². The monoisotopic (exact) mass is 390 g/mol. The van der Waals surface area contributed by atoms with Gasteiger partial charge in [0.2, 0.25) is 11.8 Å². The fourth-order valence-electron chi connectivity index (χ4n) is 1.28. The standard InChI is InChI=1S/C8H5BrFN.C4H4BrNO2/c9-4-6-1-2-7(5-11)8(10)3-6;5-6-3(7)1-2-4(6)8/h1-3H,4H2;1-2H2. The summed E-state index contributed by atoms with van der Waals surface area (Å²) >= 11 is 5.99. The van der Waals surface area contributed by atoms with Crippen LogP contribution in [0.4, 0.5) is 4.39 Å². The Morgan fingerprint density at radius 2 is 1.89 bits per heavy atom. The molecule has 0 N–H and O–H groups in total. The van der Waals surface area contributed by atoms with Gasteiger partial charge in [0.05, 0.1) is 21.7 Å². The number of rotatable bonds is 1. The van der Waals surface area contributed by atoms with Gasteiger partial charge in [-0.2, -0.15) is 5.26 Å². The molecule has 0 aliphatic carbocycles. The fraction of sp³-hybridized carbons (Fsp3) is 0.250. The molecule has 19 heavy (non-hydrogen) atoms. The quantitative estimate of drug-likeness (QED) is 0.420. The number of hydrogen-bond donors (Lipinski definition) is 0. The molecule has 0 radical (unpaired) electrons. The molecule has 0 aromatic heterocycles. The molecule has 0 bridgehead atoms. The average Bonchev–Trinajstić information content (AvgIpc) is 2.70. The van der Waals surface area contributed by atoms with Crippen LogP contribution in [0.25, 0.3) is 0 Å². The molecule has 2 rings (SSSR count). The molecule has 0 saturated carbocycles. The van der Waals surface area contributed by atoms with Crippen LogP contribution in [0.1, 0.15) is 24.0 Å². The number of nitriles is 1. The maximum atomic E-state index is 12.8. The molecule has 7 heteroatoms. The molecular formula is C12H9Br2FN2O2. The summed E-state index contributed by atoms with van der Waals surface area (Å²) in [6, 6.07) is 6.31. The van der Waals surface area contributed by atoms with E-state index in [9.17, 15) is 14.0 Å². The lowest BCUT2D eigenvalue weighted by Gasteiger charge is -1.97. The average molecular weight is 392 g/mol. The highest BCUT2D eigenvalue weighted by atomic mass is 79.9. The van der Waals surface area contributed by atoms with E-state index < -0.39 is 5.82 Å². The summed E-state index contributed by atoms with van der Waals surface area (Å²) in [5.74, 6) is -0.741. The molecule has 4 nitrogen and oxygen atoms in total. The van der Waals surface area contributed by atoms with Crippen LogP contribution in [0.3, 0.4) is 0 Å². The Hall–Kier alpha value is -1.26. The van der Waals surface area contributed by atoms with Crippen molar-refractivity contribution in [3.63, 3.8) is 0 Å². The van der Waals surface area contributed by atoms with Gasteiger partial charge in [-0.3, -0.25) is 9.59 Å². The van der Waals surface area contributed by atoms with Gasteiger partial charge in [-0.05, 0) is 17.7 Å². The number of imide groups is 1. The van der Waals surface area contributed by atoms with E-state index in [1.165, 1.54) is 12.1 Å². The van der Waals surface area contributed by atoms with Gasteiger partial charge in [-0.15, -0.1) is 0 Å². The minimum Gasteiger partial charge on any atom is -0.274 e. The third-order valence-electron chi connectivity index (χ3n) is 2.30. The van der Waals surface area contributed by atoms with Gasteiger partial charge in [0, 0.05) is 18.2 Å². The minimum atomic E-state index is -0.454. The summed E-state index contributed by atoms with van der Waals surface area (Å²) in [4.78, 5) is 20.9. The van der Waals surface area contributed by atoms with Crippen LogP contribution in [0, 0.1) is 17.1 Å². The van der Waals surface area contributed by atoms with Crippen LogP contribution in [-0.4, -0.2) is 15.7 Å². The van der Waals surface area contributed by atoms with E-state index in [4.69, 9.17) is 5.26 Å². The first-order valence-electron chi connectivity index (χ1n) is 5.25. The molecule has 1 fully saturated rings. The summed E-state index contributed by atoms with van der Waals surface area (Å²) < 4.78 is 13.8. The predicted molar refractivity (Wildman–Crippen MR) is 73.8 cm³/mol. The van der Waals surface area contributed by atoms with Gasteiger partial charge >= 0.3 is 0 Å². The Bertz CT molecular complexity index is 527. The second-order valence-electron chi connectivity index (χ2n) is 3.63. The Morgan fingerprint density at radius 3 is 2.21 bits per heavy atom. The zero-order valence-corrected chi connectivity index (χ0v) is 12.9. The van der Waals surface area contributed by atoms with Gasteiger partial charge in [0.1, 0.15) is 11.9 Å². The van der Waals surface area contributed by atoms with Crippen LogP contribution in [-0.2, 0) is 14.9 Å². The molecule has 1 saturated heterocycles. The minimum absolute atomic E-state index is 0.0923. The Kier molecular flexibility index (Phi) is 6.12. The molecule has 0 unspecified atom stereocenters. The van der Waals surface area contributed by atoms with E-state index in [1.807, 2.05) is 0 Å². The lowest BCUT2D eigenvalue weighted by Crippen LogP contribution is -2.16. The Morgan fingerprint density at radius 1 is 1.32 bits per heavy atom. The van der Waals surface area contributed by atoms with Crippen LogP contribution in [0.2, 0.25) is 0 Å². The van der Waals surface area contributed by atoms with Crippen LogP contribution < -0.4 is 0 Å². The van der Waals surface area contributed by atoms with Gasteiger partial charge in [-0.25, -0.2) is 8.32 Å². The first kappa shape index (κ1) is 15.8. The maximum absolute atomic E-state index is 12.8. The molecular weight excluding hydrogens is 383 g/mol. The maximum Gasteiger partial charge on any atom is 0.239 e. The summed E-state index contributed by atoms with van der Waals surface area (Å²) in [5, 5.41) is 8.99. The van der Waals surface area contributed by atoms with Crippen molar-refractivity contribution in [3.8, 4) is 6.07 Å².